The first-order chi connectivity index (χ1) is 30.4. The number of fused-ring (bicyclic) bond motifs is 15. The lowest BCUT2D eigenvalue weighted by molar-refractivity contribution is 0.590. The third kappa shape index (κ3) is 5.45. The predicted octanol–water partition coefficient (Wildman–Crippen LogP) is 14.6. The molecule has 0 fully saturated rings. The molecular weight excluding hydrogens is 789 g/mol. The summed E-state index contributed by atoms with van der Waals surface area (Å²) in [4.78, 5) is 2.64. The minimum Gasteiger partial charge on any atom is -0.463 e. The molecule has 10 aromatic rings. The van der Waals surface area contributed by atoms with E-state index in [9.17, 15) is 0 Å². The summed E-state index contributed by atoms with van der Waals surface area (Å²) >= 11 is 0. The Morgan fingerprint density at radius 1 is 0.431 bits per heavy atom. The maximum Gasteiger partial charge on any atom is 0.256 e. The topological polar surface area (TPSA) is 25.7 Å². The lowest BCUT2D eigenvalue weighted by atomic mass is 9.34. The Morgan fingerprint density at radius 2 is 0.892 bits per heavy atom. The van der Waals surface area contributed by atoms with E-state index in [1.165, 1.54) is 121 Å². The number of anilines is 3. The first-order valence-corrected chi connectivity index (χ1v) is 23.9. The molecule has 0 aliphatic carbocycles. The van der Waals surface area contributed by atoms with Crippen molar-refractivity contribution in [3.8, 4) is 5.69 Å². The number of rotatable bonds is 1. The molecule has 0 N–H and O–H groups in total. The van der Waals surface area contributed by atoms with Crippen LogP contribution < -0.4 is 21.3 Å². The Bertz CT molecular complexity index is 3670. The van der Waals surface area contributed by atoms with Crippen LogP contribution in [0, 0.1) is 0 Å². The summed E-state index contributed by atoms with van der Waals surface area (Å²) in [5, 5.41) is 6.42. The summed E-state index contributed by atoms with van der Waals surface area (Å²) < 4.78 is 12.2. The number of nitrogens with zero attached hydrogens (tertiary/aromatic N) is 3. The molecule has 4 nitrogen and oxygen atoms in total. The van der Waals surface area contributed by atoms with Crippen molar-refractivity contribution in [2.24, 2.45) is 0 Å². The highest BCUT2D eigenvalue weighted by Gasteiger charge is 2.47. The van der Waals surface area contributed by atoms with Crippen LogP contribution in [-0.4, -0.2) is 15.7 Å². The quantitative estimate of drug-likeness (QED) is 0.154. The Hall–Kier alpha value is -5.94. The minimum absolute atomic E-state index is 0.0184. The standard InChI is InChI=1S/C60H62BN3O/c1-56(2,3)33-16-22-38(23-17-33)62-47-27-21-37(60(13,14)15)31-42(47)61-43-32-65-55-41-30-36(59(10,11)12)20-26-46(41)64(51(43)55)54-49-40-29-35(58(7,8)9)19-25-45(40)63-44-24-18-34(57(4,5)6)28-39(44)48(52(49)63)53(62)50(54)61/h16-32H,1-15H3. The molecule has 0 saturated heterocycles. The molecule has 6 heterocycles. The largest absolute Gasteiger partial charge is 0.463 e. The van der Waals surface area contributed by atoms with Gasteiger partial charge >= 0.3 is 0 Å². The van der Waals surface area contributed by atoms with Gasteiger partial charge in [0.25, 0.3) is 6.71 Å². The van der Waals surface area contributed by atoms with Gasteiger partial charge in [0.05, 0.1) is 45.2 Å². The third-order valence-corrected chi connectivity index (χ3v) is 15.3. The number of benzene rings is 6. The van der Waals surface area contributed by atoms with Gasteiger partial charge in [-0.25, -0.2) is 0 Å². The predicted molar refractivity (Wildman–Crippen MR) is 281 cm³/mol. The van der Waals surface area contributed by atoms with Crippen molar-refractivity contribution >= 4 is 100 Å². The van der Waals surface area contributed by atoms with Gasteiger partial charge in [-0.2, -0.15) is 0 Å². The first kappa shape index (κ1) is 40.6. The Morgan fingerprint density at radius 3 is 1.43 bits per heavy atom. The van der Waals surface area contributed by atoms with E-state index < -0.39 is 0 Å². The fourth-order valence-corrected chi connectivity index (χ4v) is 11.5. The summed E-state index contributed by atoms with van der Waals surface area (Å²) in [6, 6.07) is 38.6. The second kappa shape index (κ2) is 12.5. The van der Waals surface area contributed by atoms with Crippen molar-refractivity contribution in [3.05, 3.63) is 131 Å². The molecule has 0 bridgehead atoms. The zero-order chi connectivity index (χ0) is 45.8. The van der Waals surface area contributed by atoms with E-state index in [-0.39, 0.29) is 33.8 Å². The SMILES string of the molecule is CC(C)(C)c1ccc(N2c3ccc(C(C)(C)C)cc3B3c4c2c2c5cc(C(C)(C)C)ccc5n5c6ccc(C(C)(C)C)cc6c(c4-n4c6ccc(C(C)(C)C)cc6c6occ3c64)c25)cc1. The van der Waals surface area contributed by atoms with Crippen LogP contribution in [0.15, 0.2) is 108 Å². The third-order valence-electron chi connectivity index (χ3n) is 15.3. The Balaban J connectivity index is 1.37. The van der Waals surface area contributed by atoms with Gasteiger partial charge in [-0.05, 0) is 126 Å². The van der Waals surface area contributed by atoms with Crippen LogP contribution in [0.3, 0.4) is 0 Å². The van der Waals surface area contributed by atoms with E-state index >= 15 is 0 Å². The normalized spacial score (nSPS) is 14.6. The first-order valence-electron chi connectivity index (χ1n) is 23.9. The fraction of sp³-hybridized carbons (Fsp3) is 0.333. The second-order valence-electron chi connectivity index (χ2n) is 24.8. The van der Waals surface area contributed by atoms with E-state index in [2.05, 4.69) is 221 Å². The van der Waals surface area contributed by atoms with Gasteiger partial charge in [-0.3, -0.25) is 0 Å². The lowest BCUT2D eigenvalue weighted by Gasteiger charge is -2.41. The number of hydrogen-bond acceptors (Lipinski definition) is 2. The van der Waals surface area contributed by atoms with Crippen molar-refractivity contribution in [2.45, 2.75) is 131 Å². The van der Waals surface area contributed by atoms with E-state index in [0.29, 0.717) is 0 Å². The molecule has 5 heteroatoms. The van der Waals surface area contributed by atoms with Crippen LogP contribution in [0.1, 0.15) is 132 Å². The van der Waals surface area contributed by atoms with E-state index in [1.54, 1.807) is 0 Å². The van der Waals surface area contributed by atoms with Gasteiger partial charge in [-0.1, -0.05) is 146 Å². The molecule has 0 saturated carbocycles. The van der Waals surface area contributed by atoms with Crippen LogP contribution in [0.5, 0.6) is 0 Å². The molecule has 6 aromatic carbocycles. The smallest absolute Gasteiger partial charge is 0.256 e. The number of aromatic nitrogens is 2. The zero-order valence-electron chi connectivity index (χ0n) is 41.1. The lowest BCUT2D eigenvalue weighted by Crippen LogP contribution is -2.60. The Labute approximate surface area is 384 Å². The molecular formula is C60H62BN3O. The maximum absolute atomic E-state index is 6.96. The van der Waals surface area contributed by atoms with Gasteiger partial charge in [-0.15, -0.1) is 0 Å². The molecule has 65 heavy (non-hydrogen) atoms. The van der Waals surface area contributed by atoms with Gasteiger partial charge in [0.15, 0.2) is 5.58 Å². The summed E-state index contributed by atoms with van der Waals surface area (Å²) in [7, 11) is 0. The molecule has 326 valence electrons. The molecule has 2 aliphatic rings. The van der Waals surface area contributed by atoms with Crippen molar-refractivity contribution in [3.63, 3.8) is 0 Å². The average molecular weight is 852 g/mol. The van der Waals surface area contributed by atoms with Crippen LogP contribution >= 0.6 is 0 Å². The van der Waals surface area contributed by atoms with E-state index in [4.69, 9.17) is 4.42 Å². The van der Waals surface area contributed by atoms with Crippen molar-refractivity contribution < 1.29 is 4.42 Å². The molecule has 0 spiro atoms. The summed E-state index contributed by atoms with van der Waals surface area (Å²) in [6.07, 6.45) is 2.11. The highest BCUT2D eigenvalue weighted by Crippen LogP contribution is 2.53. The summed E-state index contributed by atoms with van der Waals surface area (Å²) in [5.74, 6) is 0. The van der Waals surface area contributed by atoms with Crippen molar-refractivity contribution in [2.75, 3.05) is 4.90 Å². The monoisotopic (exact) mass is 851 g/mol. The zero-order valence-corrected chi connectivity index (χ0v) is 41.1. The minimum atomic E-state index is -0.0674. The van der Waals surface area contributed by atoms with E-state index in [1.807, 2.05) is 0 Å². The van der Waals surface area contributed by atoms with Gasteiger partial charge < -0.3 is 18.3 Å². The summed E-state index contributed by atoms with van der Waals surface area (Å²) in [5.41, 5.74) is 22.6. The number of hydrogen-bond donors (Lipinski definition) is 0. The second-order valence-corrected chi connectivity index (χ2v) is 24.8. The average Bonchev–Trinajstić information content (AvgIpc) is 3.98. The molecule has 0 unspecified atom stereocenters. The highest BCUT2D eigenvalue weighted by molar-refractivity contribution is 7.01. The summed E-state index contributed by atoms with van der Waals surface area (Å²) in [6.45, 7) is 34.9. The van der Waals surface area contributed by atoms with Crippen molar-refractivity contribution in [1.82, 2.24) is 8.97 Å². The van der Waals surface area contributed by atoms with Crippen LogP contribution in [0.4, 0.5) is 17.1 Å². The molecule has 2 aliphatic heterocycles. The maximum atomic E-state index is 6.96. The Kier molecular flexibility index (Phi) is 7.79. The van der Waals surface area contributed by atoms with Crippen molar-refractivity contribution in [1.29, 1.82) is 0 Å². The highest BCUT2D eigenvalue weighted by atomic mass is 16.3. The van der Waals surface area contributed by atoms with Gasteiger partial charge in [0, 0.05) is 38.3 Å². The van der Waals surface area contributed by atoms with Gasteiger partial charge in [0.2, 0.25) is 0 Å². The van der Waals surface area contributed by atoms with E-state index in [0.717, 1.165) is 5.58 Å². The van der Waals surface area contributed by atoms with Crippen LogP contribution in [0.25, 0.3) is 65.8 Å². The fourth-order valence-electron chi connectivity index (χ4n) is 11.5. The van der Waals surface area contributed by atoms with Crippen LogP contribution in [0.2, 0.25) is 0 Å². The molecule has 4 aromatic heterocycles. The molecule has 0 atom stereocenters. The van der Waals surface area contributed by atoms with Crippen LogP contribution in [-0.2, 0) is 27.1 Å². The number of furan rings is 1. The van der Waals surface area contributed by atoms with Gasteiger partial charge in [0.1, 0.15) is 0 Å². The molecule has 12 rings (SSSR count). The molecule has 0 amide bonds. The molecule has 0 radical (unpaired) electrons.